The third-order valence-corrected chi connectivity index (χ3v) is 5.15. The largest absolute Gasteiger partial charge is 0.493 e. The second-order valence-electron chi connectivity index (χ2n) is 7.96. The highest BCUT2D eigenvalue weighted by Gasteiger charge is 2.33. The maximum absolute atomic E-state index is 12.6. The van der Waals surface area contributed by atoms with Crippen LogP contribution in [0.1, 0.15) is 43.0 Å². The third kappa shape index (κ3) is 4.03. The Balaban J connectivity index is 1.78. The number of carbonyl (C=O) groups excluding carboxylic acids is 1. The maximum atomic E-state index is 12.6. The van der Waals surface area contributed by atoms with Crippen LogP contribution in [-0.2, 0) is 4.79 Å². The minimum absolute atomic E-state index is 0.122. The lowest BCUT2D eigenvalue weighted by Gasteiger charge is -2.25. The second kappa shape index (κ2) is 8.25. The summed E-state index contributed by atoms with van der Waals surface area (Å²) in [6.07, 6.45) is 0.286. The third-order valence-electron chi connectivity index (χ3n) is 5.15. The summed E-state index contributed by atoms with van der Waals surface area (Å²) in [4.78, 5) is 24.0. The van der Waals surface area contributed by atoms with Gasteiger partial charge < -0.3 is 14.8 Å². The number of H-pyrrole nitrogens is 1. The number of aryl methyl sites for hydroxylation is 1. The predicted octanol–water partition coefficient (Wildman–Crippen LogP) is 2.78. The summed E-state index contributed by atoms with van der Waals surface area (Å²) >= 11 is 0. The van der Waals surface area contributed by atoms with Crippen LogP contribution in [0.3, 0.4) is 0 Å². The van der Waals surface area contributed by atoms with Crippen LogP contribution >= 0.6 is 0 Å². The molecule has 0 aliphatic carbocycles. The molecule has 0 bridgehead atoms. The molecular formula is C22H25N5O4. The molecule has 2 aromatic heterocycles. The van der Waals surface area contributed by atoms with Crippen LogP contribution in [0.25, 0.3) is 5.82 Å². The fraction of sp³-hybridized carbons (Fsp3) is 0.364. The molecule has 0 saturated carbocycles. The monoisotopic (exact) mass is 423 g/mol. The lowest BCUT2D eigenvalue weighted by atomic mass is 9.85. The SMILES string of the molecule is COc1ccc([C@H]2CC(=O)Nc3c2c(C)nn3-c2ccc(=O)[nH]n2)cc1OCC(C)C. The van der Waals surface area contributed by atoms with E-state index in [9.17, 15) is 9.59 Å². The normalized spacial score (nSPS) is 15.5. The van der Waals surface area contributed by atoms with Crippen molar-refractivity contribution in [2.45, 2.75) is 33.1 Å². The van der Waals surface area contributed by atoms with E-state index in [0.29, 0.717) is 35.7 Å². The number of hydrogen-bond donors (Lipinski definition) is 2. The molecule has 4 rings (SSSR count). The Bertz CT molecular complexity index is 1160. The summed E-state index contributed by atoms with van der Waals surface area (Å²) in [5.41, 5.74) is 2.31. The molecule has 0 saturated heterocycles. The lowest BCUT2D eigenvalue weighted by molar-refractivity contribution is -0.116. The van der Waals surface area contributed by atoms with E-state index < -0.39 is 0 Å². The van der Waals surface area contributed by atoms with E-state index in [1.807, 2.05) is 25.1 Å². The number of aromatic amines is 1. The van der Waals surface area contributed by atoms with Gasteiger partial charge in [-0.05, 0) is 36.6 Å². The zero-order chi connectivity index (χ0) is 22.1. The minimum Gasteiger partial charge on any atom is -0.493 e. The molecule has 162 valence electrons. The van der Waals surface area contributed by atoms with E-state index >= 15 is 0 Å². The van der Waals surface area contributed by atoms with Crippen molar-refractivity contribution in [2.75, 3.05) is 19.0 Å². The van der Waals surface area contributed by atoms with Crippen molar-refractivity contribution in [1.29, 1.82) is 0 Å². The van der Waals surface area contributed by atoms with Crippen molar-refractivity contribution >= 4 is 11.7 Å². The van der Waals surface area contributed by atoms with Gasteiger partial charge in [-0.25, -0.2) is 5.10 Å². The number of anilines is 1. The standard InChI is InChI=1S/C22H25N5O4/c1-12(2)11-31-17-9-14(5-6-16(17)30-4)15-10-20(29)23-22-21(15)13(3)26-27(22)18-7-8-19(28)25-24-18/h5-9,12,15H,10-11H2,1-4H3,(H,23,29)(H,25,28)/t15-/m1/s1. The van der Waals surface area contributed by atoms with Gasteiger partial charge in [-0.3, -0.25) is 9.59 Å². The molecular weight excluding hydrogens is 398 g/mol. The molecule has 1 atom stereocenters. The number of methoxy groups -OCH3 is 1. The molecule has 0 spiro atoms. The molecule has 0 unspecified atom stereocenters. The van der Waals surface area contributed by atoms with Gasteiger partial charge in [0.25, 0.3) is 5.56 Å². The van der Waals surface area contributed by atoms with Crippen LogP contribution in [0, 0.1) is 12.8 Å². The van der Waals surface area contributed by atoms with Gasteiger partial charge >= 0.3 is 0 Å². The van der Waals surface area contributed by atoms with E-state index in [2.05, 4.69) is 34.5 Å². The van der Waals surface area contributed by atoms with Crippen LogP contribution < -0.4 is 20.3 Å². The highest BCUT2D eigenvalue weighted by molar-refractivity contribution is 5.95. The summed E-state index contributed by atoms with van der Waals surface area (Å²) in [5.74, 6) is 2.31. The summed E-state index contributed by atoms with van der Waals surface area (Å²) in [6.45, 7) is 6.61. The molecule has 1 aliphatic heterocycles. The van der Waals surface area contributed by atoms with E-state index in [1.165, 1.54) is 6.07 Å². The van der Waals surface area contributed by atoms with Gasteiger partial charge in [0.1, 0.15) is 5.82 Å². The van der Waals surface area contributed by atoms with Crippen LogP contribution in [0.4, 0.5) is 5.82 Å². The first-order chi connectivity index (χ1) is 14.9. The first-order valence-corrected chi connectivity index (χ1v) is 10.1. The Morgan fingerprint density at radius 1 is 1.19 bits per heavy atom. The second-order valence-corrected chi connectivity index (χ2v) is 7.96. The van der Waals surface area contributed by atoms with Gasteiger partial charge in [0.2, 0.25) is 5.91 Å². The highest BCUT2D eigenvalue weighted by atomic mass is 16.5. The number of aromatic nitrogens is 4. The Morgan fingerprint density at radius 3 is 2.68 bits per heavy atom. The number of ether oxygens (including phenoxy) is 2. The number of rotatable bonds is 6. The number of nitrogens with one attached hydrogen (secondary N) is 2. The smallest absolute Gasteiger partial charge is 0.264 e. The fourth-order valence-electron chi connectivity index (χ4n) is 3.73. The van der Waals surface area contributed by atoms with Crippen molar-refractivity contribution < 1.29 is 14.3 Å². The predicted molar refractivity (Wildman–Crippen MR) is 115 cm³/mol. The summed E-state index contributed by atoms with van der Waals surface area (Å²) < 4.78 is 13.0. The molecule has 0 radical (unpaired) electrons. The molecule has 2 N–H and O–H groups in total. The molecule has 0 fully saturated rings. The molecule has 3 aromatic rings. The molecule has 1 aromatic carbocycles. The Labute approximate surface area is 179 Å². The van der Waals surface area contributed by atoms with Crippen molar-refractivity contribution in [1.82, 2.24) is 20.0 Å². The highest BCUT2D eigenvalue weighted by Crippen LogP contribution is 2.42. The lowest BCUT2D eigenvalue weighted by Crippen LogP contribution is -2.25. The van der Waals surface area contributed by atoms with Crippen molar-refractivity contribution in [3.05, 3.63) is 57.5 Å². The average molecular weight is 423 g/mol. The van der Waals surface area contributed by atoms with E-state index in [4.69, 9.17) is 9.47 Å². The van der Waals surface area contributed by atoms with Crippen LogP contribution in [0.15, 0.2) is 35.1 Å². The fourth-order valence-corrected chi connectivity index (χ4v) is 3.73. The van der Waals surface area contributed by atoms with E-state index in [-0.39, 0.29) is 23.8 Å². The van der Waals surface area contributed by atoms with Crippen LogP contribution in [0.5, 0.6) is 11.5 Å². The van der Waals surface area contributed by atoms with Crippen LogP contribution in [-0.4, -0.2) is 39.6 Å². The first-order valence-electron chi connectivity index (χ1n) is 10.1. The quantitative estimate of drug-likeness (QED) is 0.631. The average Bonchev–Trinajstić information content (AvgIpc) is 3.08. The Kier molecular flexibility index (Phi) is 5.50. The molecule has 1 aliphatic rings. The summed E-state index contributed by atoms with van der Waals surface area (Å²) in [5, 5.41) is 13.9. The number of nitrogens with zero attached hydrogens (tertiary/aromatic N) is 3. The Hall–Kier alpha value is -3.62. The van der Waals surface area contributed by atoms with Crippen molar-refractivity contribution in [3.63, 3.8) is 0 Å². The topological polar surface area (TPSA) is 111 Å². The Morgan fingerprint density at radius 2 is 2.00 bits per heavy atom. The minimum atomic E-state index is -0.310. The molecule has 31 heavy (non-hydrogen) atoms. The first kappa shape index (κ1) is 20.6. The number of amides is 1. The van der Waals surface area contributed by atoms with Gasteiger partial charge in [-0.15, -0.1) is 0 Å². The number of benzene rings is 1. The van der Waals surface area contributed by atoms with Gasteiger partial charge in [0.15, 0.2) is 17.3 Å². The molecule has 1 amide bonds. The van der Waals surface area contributed by atoms with E-state index in [1.54, 1.807) is 17.9 Å². The van der Waals surface area contributed by atoms with Gasteiger partial charge in [-0.1, -0.05) is 19.9 Å². The molecule has 9 nitrogen and oxygen atoms in total. The zero-order valence-electron chi connectivity index (χ0n) is 17.9. The summed E-state index contributed by atoms with van der Waals surface area (Å²) in [7, 11) is 1.61. The van der Waals surface area contributed by atoms with E-state index in [0.717, 1.165) is 16.8 Å². The van der Waals surface area contributed by atoms with Crippen molar-refractivity contribution in [3.8, 4) is 17.3 Å². The number of carbonyl (C=O) groups is 1. The van der Waals surface area contributed by atoms with Gasteiger partial charge in [-0.2, -0.15) is 14.9 Å². The maximum Gasteiger partial charge on any atom is 0.264 e. The van der Waals surface area contributed by atoms with Gasteiger partial charge in [0.05, 0.1) is 19.4 Å². The molecule has 9 heteroatoms. The number of fused-ring (bicyclic) bond motifs is 1. The summed E-state index contributed by atoms with van der Waals surface area (Å²) in [6, 6.07) is 8.68. The van der Waals surface area contributed by atoms with Crippen molar-refractivity contribution in [2.24, 2.45) is 5.92 Å². The van der Waals surface area contributed by atoms with Gasteiger partial charge in [0, 0.05) is 24.0 Å². The van der Waals surface area contributed by atoms with Crippen LogP contribution in [0.2, 0.25) is 0 Å². The zero-order valence-corrected chi connectivity index (χ0v) is 17.9. The molecule has 3 heterocycles. The number of hydrogen-bond acceptors (Lipinski definition) is 6.